The number of thiazole rings is 2. The average molecular weight is 794 g/mol. The quantitative estimate of drug-likeness (QED) is 0.0921. The number of hydrogen-bond donors (Lipinski definition) is 4. The number of nitrogens with zero attached hydrogens (tertiary/aromatic N) is 2. The van der Waals surface area contributed by atoms with Crippen molar-refractivity contribution in [3.05, 3.63) is 117 Å². The molecule has 1 aliphatic rings. The highest BCUT2D eigenvalue weighted by atomic mass is 35.5. The number of carboxylic acids is 2. The Bertz CT molecular complexity index is 2020. The highest BCUT2D eigenvalue weighted by Crippen LogP contribution is 2.30. The van der Waals surface area contributed by atoms with Gasteiger partial charge in [0.25, 0.3) is 11.8 Å². The molecule has 1 saturated carbocycles. The summed E-state index contributed by atoms with van der Waals surface area (Å²) in [5, 5.41) is 30.0. The van der Waals surface area contributed by atoms with Crippen LogP contribution in [0.5, 0.6) is 0 Å². The van der Waals surface area contributed by atoms with E-state index in [0.717, 1.165) is 42.4 Å². The van der Waals surface area contributed by atoms with Crippen LogP contribution in [0.1, 0.15) is 71.5 Å². The molecule has 0 radical (unpaired) electrons. The van der Waals surface area contributed by atoms with E-state index >= 15 is 0 Å². The Morgan fingerprint density at radius 1 is 0.698 bits per heavy atom. The number of nitrogens with one attached hydrogen (secondary N) is 2. The first-order chi connectivity index (χ1) is 25.5. The Balaban J connectivity index is 0.000000204. The van der Waals surface area contributed by atoms with Gasteiger partial charge < -0.3 is 20.8 Å². The van der Waals surface area contributed by atoms with Crippen molar-refractivity contribution >= 4 is 69.6 Å². The van der Waals surface area contributed by atoms with E-state index in [1.807, 2.05) is 54.6 Å². The number of hydrogen-bond acceptors (Lipinski definition) is 8. The Morgan fingerprint density at radius 3 is 1.74 bits per heavy atom. The van der Waals surface area contributed by atoms with Crippen molar-refractivity contribution in [2.45, 2.75) is 63.5 Å². The van der Waals surface area contributed by atoms with E-state index in [1.165, 1.54) is 29.1 Å². The predicted molar refractivity (Wildman–Crippen MR) is 209 cm³/mol. The van der Waals surface area contributed by atoms with Gasteiger partial charge in [0.15, 0.2) is 0 Å². The Kier molecular flexibility index (Phi) is 14.5. The topological polar surface area (TPSA) is 159 Å². The minimum absolute atomic E-state index is 0.0539. The van der Waals surface area contributed by atoms with E-state index in [2.05, 4.69) is 20.6 Å². The highest BCUT2D eigenvalue weighted by molar-refractivity contribution is 7.13. The monoisotopic (exact) mass is 792 g/mol. The van der Waals surface area contributed by atoms with Crippen molar-refractivity contribution in [2.75, 3.05) is 0 Å². The Hall–Kier alpha value is -4.62. The Labute approximate surface area is 325 Å². The van der Waals surface area contributed by atoms with Gasteiger partial charge in [-0.25, -0.2) is 9.97 Å². The third kappa shape index (κ3) is 12.2. The fraction of sp³-hybridized carbons (Fsp3) is 0.282. The molecule has 1 aliphatic carbocycles. The standard InChI is InChI=1S/C20H17ClN2O3S.C19H21ClN2O3S/c21-15-8-4-7-14(10-15)20-23-17(12-27-20)19(26)22-16(11-18(24)25)9-13-5-2-1-3-6-13;20-14-8-4-7-13(9-14)19-22-16(11-26-19)18(25)21-15(10-17(23)24)12-5-2-1-3-6-12/h1-8,10,12,16H,9,11H2,(H,22,26)(H,24,25);4,7-9,11-12,15H,1-3,5-6,10H2,(H,21,25)(H,23,24). The molecular formula is C39H38Cl2N4O6S2. The molecule has 2 aromatic heterocycles. The van der Waals surface area contributed by atoms with Gasteiger partial charge in [-0.1, -0.05) is 97.1 Å². The molecule has 2 unspecified atom stereocenters. The molecule has 6 rings (SSSR count). The summed E-state index contributed by atoms with van der Waals surface area (Å²) in [4.78, 5) is 56.3. The second-order valence-corrected chi connectivity index (χ2v) is 15.2. The van der Waals surface area contributed by atoms with Gasteiger partial charge in [0, 0.05) is 44.0 Å². The van der Waals surface area contributed by atoms with Crippen LogP contribution in [0.25, 0.3) is 21.1 Å². The SMILES string of the molecule is O=C(O)CC(Cc1ccccc1)NC(=O)c1csc(-c2cccc(Cl)c2)n1.O=C(O)CC(NC(=O)c1csc(-c2cccc(Cl)c2)n1)C1CCCCC1. The van der Waals surface area contributed by atoms with Crippen LogP contribution in [0.3, 0.4) is 0 Å². The molecule has 4 N–H and O–H groups in total. The van der Waals surface area contributed by atoms with Gasteiger partial charge in [-0.2, -0.15) is 0 Å². The van der Waals surface area contributed by atoms with Crippen LogP contribution in [0.2, 0.25) is 10.0 Å². The second-order valence-electron chi connectivity index (χ2n) is 12.6. The van der Waals surface area contributed by atoms with E-state index in [9.17, 15) is 24.3 Å². The summed E-state index contributed by atoms with van der Waals surface area (Å²) in [6.07, 6.45) is 5.50. The lowest BCUT2D eigenvalue weighted by Gasteiger charge is -2.29. The largest absolute Gasteiger partial charge is 0.481 e. The van der Waals surface area contributed by atoms with Crippen LogP contribution in [0, 0.1) is 5.92 Å². The molecule has 0 bridgehead atoms. The number of halogens is 2. The number of aliphatic carboxylic acids is 2. The zero-order chi connectivity index (χ0) is 37.7. The van der Waals surface area contributed by atoms with Crippen molar-refractivity contribution in [3.8, 4) is 21.1 Å². The van der Waals surface area contributed by atoms with Crippen molar-refractivity contribution < 1.29 is 29.4 Å². The van der Waals surface area contributed by atoms with Crippen molar-refractivity contribution in [3.63, 3.8) is 0 Å². The van der Waals surface area contributed by atoms with Crippen molar-refractivity contribution in [2.24, 2.45) is 5.92 Å². The van der Waals surface area contributed by atoms with Gasteiger partial charge in [-0.3, -0.25) is 19.2 Å². The number of carboxylic acid groups (broad SMARTS) is 2. The van der Waals surface area contributed by atoms with E-state index in [-0.39, 0.29) is 42.3 Å². The van der Waals surface area contributed by atoms with Crippen LogP contribution in [0.15, 0.2) is 89.6 Å². The molecule has 14 heteroatoms. The van der Waals surface area contributed by atoms with Gasteiger partial charge in [-0.05, 0) is 55.0 Å². The lowest BCUT2D eigenvalue weighted by Crippen LogP contribution is -2.42. The molecular weight excluding hydrogens is 755 g/mol. The normalized spacial score (nSPS) is 13.9. The average Bonchev–Trinajstić information content (AvgIpc) is 3.84. The van der Waals surface area contributed by atoms with E-state index in [1.54, 1.807) is 35.0 Å². The molecule has 2 heterocycles. The summed E-state index contributed by atoms with van der Waals surface area (Å²) in [5.41, 5.74) is 3.23. The van der Waals surface area contributed by atoms with E-state index in [4.69, 9.17) is 28.3 Å². The number of carbonyl (C=O) groups excluding carboxylic acids is 2. The van der Waals surface area contributed by atoms with E-state index in [0.29, 0.717) is 32.2 Å². The molecule has 53 heavy (non-hydrogen) atoms. The summed E-state index contributed by atoms with van der Waals surface area (Å²) in [7, 11) is 0. The van der Waals surface area contributed by atoms with Crippen LogP contribution < -0.4 is 10.6 Å². The molecule has 2 atom stereocenters. The number of aromatic nitrogens is 2. The third-order valence-corrected chi connectivity index (χ3v) is 10.9. The fourth-order valence-corrected chi connectivity index (χ4v) is 8.08. The first kappa shape index (κ1) is 39.6. The van der Waals surface area contributed by atoms with Gasteiger partial charge in [0.2, 0.25) is 0 Å². The first-order valence-corrected chi connectivity index (χ1v) is 19.6. The van der Waals surface area contributed by atoms with Gasteiger partial charge in [0.05, 0.1) is 12.8 Å². The third-order valence-electron chi connectivity index (χ3n) is 8.63. The maximum Gasteiger partial charge on any atom is 0.305 e. The lowest BCUT2D eigenvalue weighted by molar-refractivity contribution is -0.138. The van der Waals surface area contributed by atoms with Gasteiger partial charge in [0.1, 0.15) is 21.4 Å². The van der Waals surface area contributed by atoms with Crippen LogP contribution in [0.4, 0.5) is 0 Å². The second kappa shape index (κ2) is 19.5. The predicted octanol–water partition coefficient (Wildman–Crippen LogP) is 8.90. The number of benzene rings is 3. The maximum absolute atomic E-state index is 12.6. The minimum atomic E-state index is -0.964. The van der Waals surface area contributed by atoms with Crippen LogP contribution in [-0.2, 0) is 16.0 Å². The molecule has 2 amide bonds. The molecule has 3 aromatic carbocycles. The van der Waals surface area contributed by atoms with Crippen LogP contribution >= 0.6 is 45.9 Å². The first-order valence-electron chi connectivity index (χ1n) is 17.1. The van der Waals surface area contributed by atoms with Gasteiger partial charge in [-0.15, -0.1) is 22.7 Å². The van der Waals surface area contributed by atoms with Crippen LogP contribution in [-0.4, -0.2) is 56.0 Å². The lowest BCUT2D eigenvalue weighted by atomic mass is 9.82. The molecule has 1 fully saturated rings. The summed E-state index contributed by atoms with van der Waals surface area (Å²) in [6, 6.07) is 23.2. The Morgan fingerprint density at radius 2 is 1.23 bits per heavy atom. The fourth-order valence-electron chi connectivity index (χ4n) is 6.11. The smallest absolute Gasteiger partial charge is 0.305 e. The number of rotatable bonds is 13. The number of carbonyl (C=O) groups is 4. The summed E-state index contributed by atoms with van der Waals surface area (Å²) < 4.78 is 0. The van der Waals surface area contributed by atoms with Crippen molar-refractivity contribution in [1.29, 1.82) is 0 Å². The minimum Gasteiger partial charge on any atom is -0.481 e. The molecule has 0 spiro atoms. The zero-order valence-corrected chi connectivity index (χ0v) is 31.7. The van der Waals surface area contributed by atoms with Gasteiger partial charge >= 0.3 is 11.9 Å². The molecule has 10 nitrogen and oxygen atoms in total. The molecule has 0 aliphatic heterocycles. The molecule has 0 saturated heterocycles. The summed E-state index contributed by atoms with van der Waals surface area (Å²) >= 11 is 14.7. The van der Waals surface area contributed by atoms with E-state index < -0.39 is 18.0 Å². The molecule has 5 aromatic rings. The maximum atomic E-state index is 12.6. The van der Waals surface area contributed by atoms with Crippen molar-refractivity contribution in [1.82, 2.24) is 20.6 Å². The summed E-state index contributed by atoms with van der Waals surface area (Å²) in [6.45, 7) is 0. The zero-order valence-electron chi connectivity index (χ0n) is 28.5. The highest BCUT2D eigenvalue weighted by Gasteiger charge is 2.28. The summed E-state index contributed by atoms with van der Waals surface area (Å²) in [5.74, 6) is -2.34. The number of amides is 2. The molecule has 276 valence electrons.